The molecule has 158 valence electrons. The molecule has 0 bridgehead atoms. The Morgan fingerprint density at radius 2 is 1.83 bits per heavy atom. The number of carbonyl (C=O) groups excluding carboxylic acids is 1. The topological polar surface area (TPSA) is 59.7 Å². The number of halogens is 3. The Hall–Kier alpha value is -2.94. The highest BCUT2D eigenvalue weighted by molar-refractivity contribution is 5.81. The lowest BCUT2D eigenvalue weighted by molar-refractivity contribution is -0.137. The van der Waals surface area contributed by atoms with Crippen LogP contribution < -0.4 is 4.90 Å². The van der Waals surface area contributed by atoms with Gasteiger partial charge in [-0.3, -0.25) is 4.79 Å². The highest BCUT2D eigenvalue weighted by Gasteiger charge is 2.29. The van der Waals surface area contributed by atoms with E-state index < -0.39 is 11.7 Å². The number of aromatic nitrogens is 3. The number of hydrogen-bond acceptors (Lipinski definition) is 5. The van der Waals surface area contributed by atoms with E-state index in [0.717, 1.165) is 31.0 Å². The average molecular weight is 418 g/mol. The van der Waals surface area contributed by atoms with Gasteiger partial charge in [0, 0.05) is 38.1 Å². The highest BCUT2D eigenvalue weighted by atomic mass is 19.4. The van der Waals surface area contributed by atoms with E-state index >= 15 is 0 Å². The van der Waals surface area contributed by atoms with Gasteiger partial charge in [-0.2, -0.15) is 22.8 Å². The van der Waals surface area contributed by atoms with Crippen molar-refractivity contribution in [2.45, 2.75) is 25.4 Å². The molecule has 1 aromatic carbocycles. The molecule has 0 N–H and O–H groups in total. The number of benzene rings is 1. The van der Waals surface area contributed by atoms with E-state index in [1.807, 2.05) is 6.07 Å². The number of anilines is 1. The zero-order chi connectivity index (χ0) is 21.1. The van der Waals surface area contributed by atoms with Crippen LogP contribution in [0.15, 0.2) is 42.6 Å². The van der Waals surface area contributed by atoms with E-state index in [4.69, 9.17) is 4.74 Å². The van der Waals surface area contributed by atoms with E-state index in [1.54, 1.807) is 16.8 Å². The Bertz CT molecular complexity index is 1020. The predicted molar refractivity (Wildman–Crippen MR) is 104 cm³/mol. The molecule has 1 aliphatic rings. The molecule has 0 saturated carbocycles. The highest BCUT2D eigenvalue weighted by Crippen LogP contribution is 2.29. The molecule has 0 amide bonds. The van der Waals surface area contributed by atoms with Crippen LogP contribution in [0.5, 0.6) is 0 Å². The molecule has 3 heterocycles. The van der Waals surface area contributed by atoms with Gasteiger partial charge in [0.1, 0.15) is 11.6 Å². The molecule has 30 heavy (non-hydrogen) atoms. The predicted octanol–water partition coefficient (Wildman–Crippen LogP) is 3.33. The molecule has 0 spiro atoms. The third-order valence-corrected chi connectivity index (χ3v) is 5.08. The van der Waals surface area contributed by atoms with E-state index in [0.29, 0.717) is 36.5 Å². The summed E-state index contributed by atoms with van der Waals surface area (Å²) in [5.41, 5.74) is 1.34. The van der Waals surface area contributed by atoms with E-state index in [9.17, 15) is 18.0 Å². The molecule has 2 aromatic heterocycles. The number of Topliss-reactive ketones (excluding diaryl/α,β-unsaturated/α-hetero) is 1. The number of aryl methyl sites for hydroxylation is 1. The van der Waals surface area contributed by atoms with Crippen LogP contribution >= 0.6 is 0 Å². The molecule has 0 aliphatic carbocycles. The van der Waals surface area contributed by atoms with Gasteiger partial charge in [0.25, 0.3) is 0 Å². The van der Waals surface area contributed by atoms with E-state index in [1.165, 1.54) is 12.1 Å². The van der Waals surface area contributed by atoms with Gasteiger partial charge in [0.15, 0.2) is 5.65 Å². The quantitative estimate of drug-likeness (QED) is 0.615. The van der Waals surface area contributed by atoms with Crippen molar-refractivity contribution in [2.75, 3.05) is 31.2 Å². The lowest BCUT2D eigenvalue weighted by Crippen LogP contribution is -2.37. The minimum absolute atomic E-state index is 0.0146. The Balaban J connectivity index is 1.43. The SMILES string of the molecule is O=C(CCc1ccc(C(F)(F)F)cc1)Cc1cc(N2CCOCC2)n2nccc2n1. The fourth-order valence-electron chi connectivity index (χ4n) is 3.49. The third-order valence-electron chi connectivity index (χ3n) is 5.08. The van der Waals surface area contributed by atoms with Crippen molar-refractivity contribution >= 4 is 17.2 Å². The lowest BCUT2D eigenvalue weighted by Gasteiger charge is -2.29. The van der Waals surface area contributed by atoms with Crippen molar-refractivity contribution < 1.29 is 22.7 Å². The maximum atomic E-state index is 12.7. The summed E-state index contributed by atoms with van der Waals surface area (Å²) < 4.78 is 45.1. The zero-order valence-corrected chi connectivity index (χ0v) is 16.2. The van der Waals surface area contributed by atoms with Crippen LogP contribution in [0.2, 0.25) is 0 Å². The molecular weight excluding hydrogens is 397 g/mol. The largest absolute Gasteiger partial charge is 0.416 e. The number of hydrogen-bond donors (Lipinski definition) is 0. The standard InChI is InChI=1S/C21H21F3N4O2/c22-21(23,24)16-4-1-15(2-5-16)3-6-18(29)13-17-14-20(27-9-11-30-12-10-27)28-19(26-17)7-8-25-28/h1-2,4-5,7-8,14H,3,6,9-13H2. The number of rotatable bonds is 6. The molecule has 6 nitrogen and oxygen atoms in total. The normalized spacial score (nSPS) is 15.0. The van der Waals surface area contributed by atoms with Crippen molar-refractivity contribution in [1.29, 1.82) is 0 Å². The first kappa shape index (κ1) is 20.3. The van der Waals surface area contributed by atoms with Crippen LogP contribution in [0.1, 0.15) is 23.2 Å². The van der Waals surface area contributed by atoms with Crippen molar-refractivity contribution in [3.63, 3.8) is 0 Å². The van der Waals surface area contributed by atoms with Gasteiger partial charge >= 0.3 is 6.18 Å². The molecule has 0 radical (unpaired) electrons. The van der Waals surface area contributed by atoms with Gasteiger partial charge in [-0.15, -0.1) is 0 Å². The van der Waals surface area contributed by atoms with Crippen molar-refractivity contribution in [1.82, 2.24) is 14.6 Å². The van der Waals surface area contributed by atoms with Crippen LogP contribution in [0.3, 0.4) is 0 Å². The summed E-state index contributed by atoms with van der Waals surface area (Å²) in [7, 11) is 0. The molecular formula is C21H21F3N4O2. The Kier molecular flexibility index (Phi) is 5.72. The average Bonchev–Trinajstić information content (AvgIpc) is 3.20. The van der Waals surface area contributed by atoms with Crippen molar-refractivity contribution in [3.05, 3.63) is 59.4 Å². The summed E-state index contributed by atoms with van der Waals surface area (Å²) in [5.74, 6) is 0.859. The Labute approximate surface area is 171 Å². The van der Waals surface area contributed by atoms with Crippen molar-refractivity contribution in [3.8, 4) is 0 Å². The zero-order valence-electron chi connectivity index (χ0n) is 16.2. The molecule has 1 fully saturated rings. The van der Waals surface area contributed by atoms with E-state index in [2.05, 4.69) is 15.0 Å². The fraction of sp³-hybridized carbons (Fsp3) is 0.381. The molecule has 0 atom stereocenters. The third kappa shape index (κ3) is 4.62. The number of alkyl halides is 3. The van der Waals surface area contributed by atoms with Gasteiger partial charge in [-0.1, -0.05) is 12.1 Å². The van der Waals surface area contributed by atoms with Gasteiger partial charge in [-0.25, -0.2) is 4.98 Å². The summed E-state index contributed by atoms with van der Waals surface area (Å²) in [6.07, 6.45) is -1.89. The minimum atomic E-state index is -4.36. The lowest BCUT2D eigenvalue weighted by atomic mass is 10.0. The summed E-state index contributed by atoms with van der Waals surface area (Å²) in [6, 6.07) is 8.60. The maximum absolute atomic E-state index is 12.7. The van der Waals surface area contributed by atoms with Crippen LogP contribution in [0, 0.1) is 0 Å². The first-order valence-electron chi connectivity index (χ1n) is 9.74. The number of ketones is 1. The van der Waals surface area contributed by atoms with Gasteiger partial charge < -0.3 is 9.64 Å². The van der Waals surface area contributed by atoms with Gasteiger partial charge in [0.2, 0.25) is 0 Å². The smallest absolute Gasteiger partial charge is 0.378 e. The first-order valence-corrected chi connectivity index (χ1v) is 9.74. The number of nitrogens with zero attached hydrogens (tertiary/aromatic N) is 4. The molecule has 1 saturated heterocycles. The monoisotopic (exact) mass is 418 g/mol. The van der Waals surface area contributed by atoms with Crippen LogP contribution in [-0.2, 0) is 28.5 Å². The minimum Gasteiger partial charge on any atom is -0.378 e. The second kappa shape index (κ2) is 8.43. The second-order valence-corrected chi connectivity index (χ2v) is 7.22. The van der Waals surface area contributed by atoms with Crippen LogP contribution in [0.25, 0.3) is 5.65 Å². The summed E-state index contributed by atoms with van der Waals surface area (Å²) >= 11 is 0. The molecule has 3 aromatic rings. The second-order valence-electron chi connectivity index (χ2n) is 7.22. The Morgan fingerprint density at radius 1 is 1.10 bits per heavy atom. The first-order chi connectivity index (χ1) is 14.4. The number of fused-ring (bicyclic) bond motifs is 1. The molecule has 1 aliphatic heterocycles. The number of ether oxygens (including phenoxy) is 1. The van der Waals surface area contributed by atoms with Crippen LogP contribution in [-0.4, -0.2) is 46.7 Å². The van der Waals surface area contributed by atoms with Crippen molar-refractivity contribution in [2.24, 2.45) is 0 Å². The number of morpholine rings is 1. The van der Waals surface area contributed by atoms with Gasteiger partial charge in [0.05, 0.1) is 30.7 Å². The molecule has 4 rings (SSSR count). The van der Waals surface area contributed by atoms with E-state index in [-0.39, 0.29) is 18.6 Å². The van der Waals surface area contributed by atoms with Gasteiger partial charge in [-0.05, 0) is 24.1 Å². The fourth-order valence-corrected chi connectivity index (χ4v) is 3.49. The molecule has 9 heteroatoms. The maximum Gasteiger partial charge on any atom is 0.416 e. The number of carbonyl (C=O) groups is 1. The Morgan fingerprint density at radius 3 is 2.53 bits per heavy atom. The summed E-state index contributed by atoms with van der Waals surface area (Å²) in [5, 5.41) is 4.32. The summed E-state index contributed by atoms with van der Waals surface area (Å²) in [6.45, 7) is 2.74. The summed E-state index contributed by atoms with van der Waals surface area (Å²) in [4.78, 5) is 19.2. The van der Waals surface area contributed by atoms with Crippen LogP contribution in [0.4, 0.5) is 19.0 Å². The molecule has 0 unspecified atom stereocenters.